The van der Waals surface area contributed by atoms with E-state index in [-0.39, 0.29) is 6.04 Å². The van der Waals surface area contributed by atoms with Gasteiger partial charge in [-0.05, 0) is 35.9 Å². The normalized spacial score (nSPS) is 17.1. The number of ether oxygens (including phenoxy) is 1. The molecule has 0 amide bonds. The Morgan fingerprint density at radius 3 is 2.59 bits per heavy atom. The van der Waals surface area contributed by atoms with Crippen LogP contribution in [0.15, 0.2) is 61.1 Å². The van der Waals surface area contributed by atoms with Gasteiger partial charge in [0.2, 0.25) is 0 Å². The molecule has 0 saturated carbocycles. The summed E-state index contributed by atoms with van der Waals surface area (Å²) in [4.78, 5) is 11.0. The van der Waals surface area contributed by atoms with Gasteiger partial charge in [-0.3, -0.25) is 14.9 Å². The lowest BCUT2D eigenvalue weighted by molar-refractivity contribution is -0.0238. The first-order valence-electron chi connectivity index (χ1n) is 9.45. The van der Waals surface area contributed by atoms with Crippen LogP contribution in [-0.2, 0) is 4.74 Å². The fraction of sp³-hybridized carbons (Fsp3) is 0.273. The van der Waals surface area contributed by atoms with E-state index >= 15 is 0 Å². The fourth-order valence-electron chi connectivity index (χ4n) is 3.73. The number of aliphatic hydroxyl groups is 1. The molecule has 3 aromatic rings. The predicted octanol–water partition coefficient (Wildman–Crippen LogP) is 4.56. The van der Waals surface area contributed by atoms with Gasteiger partial charge in [-0.2, -0.15) is 0 Å². The van der Waals surface area contributed by atoms with Gasteiger partial charge >= 0.3 is 0 Å². The van der Waals surface area contributed by atoms with Gasteiger partial charge in [-0.25, -0.2) is 0 Å². The molecule has 3 heterocycles. The van der Waals surface area contributed by atoms with Crippen LogP contribution in [0, 0.1) is 0 Å². The van der Waals surface area contributed by atoms with Crippen molar-refractivity contribution in [1.82, 2.24) is 14.9 Å². The molecule has 2 aromatic heterocycles. The number of hydrogen-bond donors (Lipinski definition) is 1. The number of aromatic nitrogens is 2. The maximum absolute atomic E-state index is 11.6. The molecule has 1 aromatic carbocycles. The fourth-order valence-corrected chi connectivity index (χ4v) is 4.11. The number of nitrogens with zero attached hydrogens (tertiary/aromatic N) is 3. The second-order valence-electron chi connectivity index (χ2n) is 6.89. The van der Waals surface area contributed by atoms with Gasteiger partial charge in [0.25, 0.3) is 0 Å². The molecule has 150 valence electrons. The zero-order valence-electron chi connectivity index (χ0n) is 15.7. The third kappa shape index (κ3) is 4.44. The summed E-state index contributed by atoms with van der Waals surface area (Å²) in [6.45, 7) is 2.71. The van der Waals surface area contributed by atoms with E-state index in [4.69, 9.17) is 27.9 Å². The number of pyridine rings is 2. The van der Waals surface area contributed by atoms with Crippen LogP contribution in [0.2, 0.25) is 10.0 Å². The standard InChI is InChI=1S/C22H21Cl2N3O2/c23-16-5-6-19(24)18(13-16)20-17(4-2-8-26-20)22(28)21(15-3-1-7-25-14-15)27-9-11-29-12-10-27/h1-8,13-14,21-22,28H,9-12H2/t21-,22+/m0/s1. The quantitative estimate of drug-likeness (QED) is 0.643. The Labute approximate surface area is 179 Å². The molecule has 0 aliphatic carbocycles. The number of morpholine rings is 1. The number of aliphatic hydroxyl groups excluding tert-OH is 1. The Kier molecular flexibility index (Phi) is 6.43. The van der Waals surface area contributed by atoms with Crippen LogP contribution in [0.4, 0.5) is 0 Å². The largest absolute Gasteiger partial charge is 0.386 e. The van der Waals surface area contributed by atoms with E-state index in [0.29, 0.717) is 40.1 Å². The molecule has 0 radical (unpaired) electrons. The molecule has 4 rings (SSSR count). The van der Waals surface area contributed by atoms with Crippen LogP contribution < -0.4 is 0 Å². The van der Waals surface area contributed by atoms with Crippen molar-refractivity contribution in [2.75, 3.05) is 26.3 Å². The summed E-state index contributed by atoms with van der Waals surface area (Å²) in [5.41, 5.74) is 2.95. The van der Waals surface area contributed by atoms with Crippen LogP contribution in [0.3, 0.4) is 0 Å². The lowest BCUT2D eigenvalue weighted by atomic mass is 9.92. The van der Waals surface area contributed by atoms with E-state index in [9.17, 15) is 5.11 Å². The van der Waals surface area contributed by atoms with Gasteiger partial charge in [-0.15, -0.1) is 0 Å². The van der Waals surface area contributed by atoms with E-state index in [1.165, 1.54) is 0 Å². The Bertz CT molecular complexity index is 965. The van der Waals surface area contributed by atoms with Gasteiger partial charge < -0.3 is 9.84 Å². The summed E-state index contributed by atoms with van der Waals surface area (Å²) in [7, 11) is 0. The maximum Gasteiger partial charge on any atom is 0.101 e. The first kappa shape index (κ1) is 20.3. The van der Waals surface area contributed by atoms with Crippen LogP contribution in [0.1, 0.15) is 23.3 Å². The van der Waals surface area contributed by atoms with Crippen molar-refractivity contribution in [3.63, 3.8) is 0 Å². The van der Waals surface area contributed by atoms with Crippen LogP contribution in [-0.4, -0.2) is 46.3 Å². The van der Waals surface area contributed by atoms with Crippen LogP contribution in [0.25, 0.3) is 11.3 Å². The summed E-state index contributed by atoms with van der Waals surface area (Å²) >= 11 is 12.6. The van der Waals surface area contributed by atoms with E-state index < -0.39 is 6.10 Å². The molecule has 0 unspecified atom stereocenters. The van der Waals surface area contributed by atoms with Crippen molar-refractivity contribution in [2.45, 2.75) is 12.1 Å². The molecular weight excluding hydrogens is 409 g/mol. The van der Waals surface area contributed by atoms with Gasteiger partial charge in [0, 0.05) is 47.8 Å². The third-order valence-corrected chi connectivity index (χ3v) is 5.67. The van der Waals surface area contributed by atoms with E-state index in [1.54, 1.807) is 36.8 Å². The first-order valence-corrected chi connectivity index (χ1v) is 10.2. The Balaban J connectivity index is 1.79. The Hall–Kier alpha value is -2.02. The first-order chi connectivity index (χ1) is 14.1. The Morgan fingerprint density at radius 1 is 1.03 bits per heavy atom. The number of rotatable bonds is 5. The van der Waals surface area contributed by atoms with Gasteiger partial charge in [0.05, 0.1) is 30.0 Å². The lowest BCUT2D eigenvalue weighted by Crippen LogP contribution is -2.41. The highest BCUT2D eigenvalue weighted by molar-refractivity contribution is 6.35. The highest BCUT2D eigenvalue weighted by Crippen LogP contribution is 2.40. The van der Waals surface area contributed by atoms with Crippen molar-refractivity contribution >= 4 is 23.2 Å². The molecule has 29 heavy (non-hydrogen) atoms. The van der Waals surface area contributed by atoms with Gasteiger partial charge in [0.15, 0.2) is 0 Å². The Morgan fingerprint density at radius 2 is 1.83 bits per heavy atom. The summed E-state index contributed by atoms with van der Waals surface area (Å²) < 4.78 is 5.51. The minimum Gasteiger partial charge on any atom is -0.386 e. The number of halogens is 2. The molecule has 0 spiro atoms. The van der Waals surface area contributed by atoms with Crippen molar-refractivity contribution in [1.29, 1.82) is 0 Å². The molecule has 1 N–H and O–H groups in total. The lowest BCUT2D eigenvalue weighted by Gasteiger charge is -2.37. The molecule has 7 heteroatoms. The summed E-state index contributed by atoms with van der Waals surface area (Å²) in [6, 6.07) is 12.5. The smallest absolute Gasteiger partial charge is 0.101 e. The second-order valence-corrected chi connectivity index (χ2v) is 7.73. The molecule has 2 atom stereocenters. The van der Waals surface area contributed by atoms with Gasteiger partial charge in [-0.1, -0.05) is 35.3 Å². The minimum atomic E-state index is -0.837. The van der Waals surface area contributed by atoms with Gasteiger partial charge in [0.1, 0.15) is 6.10 Å². The molecule has 0 bridgehead atoms. The minimum absolute atomic E-state index is 0.284. The van der Waals surface area contributed by atoms with Crippen LogP contribution in [0.5, 0.6) is 0 Å². The number of hydrogen-bond acceptors (Lipinski definition) is 5. The van der Waals surface area contributed by atoms with Crippen LogP contribution >= 0.6 is 23.2 Å². The monoisotopic (exact) mass is 429 g/mol. The summed E-state index contributed by atoms with van der Waals surface area (Å²) in [6.07, 6.45) is 4.38. The highest BCUT2D eigenvalue weighted by Gasteiger charge is 2.32. The number of benzene rings is 1. The highest BCUT2D eigenvalue weighted by atomic mass is 35.5. The molecule has 5 nitrogen and oxygen atoms in total. The summed E-state index contributed by atoms with van der Waals surface area (Å²) in [5.74, 6) is 0. The van der Waals surface area contributed by atoms with Crippen molar-refractivity contribution in [2.24, 2.45) is 0 Å². The molecule has 1 aliphatic heterocycles. The summed E-state index contributed by atoms with van der Waals surface area (Å²) in [5, 5.41) is 12.7. The van der Waals surface area contributed by atoms with E-state index in [2.05, 4.69) is 14.9 Å². The SMILES string of the molecule is O[C@H](c1cccnc1-c1cc(Cl)ccc1Cl)[C@H](c1cccnc1)N1CCOCC1. The zero-order chi connectivity index (χ0) is 20.2. The van der Waals surface area contributed by atoms with Crippen molar-refractivity contribution in [3.05, 3.63) is 82.2 Å². The second kappa shape index (κ2) is 9.20. The van der Waals surface area contributed by atoms with E-state index in [1.807, 2.05) is 24.3 Å². The zero-order valence-corrected chi connectivity index (χ0v) is 17.2. The van der Waals surface area contributed by atoms with Crippen molar-refractivity contribution in [3.8, 4) is 11.3 Å². The molecular formula is C22H21Cl2N3O2. The average molecular weight is 430 g/mol. The topological polar surface area (TPSA) is 58.5 Å². The average Bonchev–Trinajstić information content (AvgIpc) is 2.77. The third-order valence-electron chi connectivity index (χ3n) is 5.11. The maximum atomic E-state index is 11.6. The molecule has 1 saturated heterocycles. The molecule has 1 fully saturated rings. The van der Waals surface area contributed by atoms with E-state index in [0.717, 1.165) is 18.7 Å². The predicted molar refractivity (Wildman–Crippen MR) is 114 cm³/mol. The molecule has 1 aliphatic rings. The van der Waals surface area contributed by atoms with Crippen molar-refractivity contribution < 1.29 is 9.84 Å².